The van der Waals surface area contributed by atoms with Crippen LogP contribution in [0.15, 0.2) is 0 Å². The van der Waals surface area contributed by atoms with Gasteiger partial charge < -0.3 is 15.0 Å². The lowest BCUT2D eigenvalue weighted by atomic mass is 9.78. The van der Waals surface area contributed by atoms with Crippen molar-refractivity contribution in [2.75, 3.05) is 53.5 Å². The Morgan fingerprint density at radius 2 is 2.00 bits per heavy atom. The number of piperidine rings is 1. The Morgan fingerprint density at radius 1 is 1.35 bits per heavy atom. The third-order valence-electron chi connectivity index (χ3n) is 5.17. The summed E-state index contributed by atoms with van der Waals surface area (Å²) in [7, 11) is 3.67. The highest BCUT2D eigenvalue weighted by atomic mass is 35.5. The molecule has 0 radical (unpaired) electrons. The predicted molar refractivity (Wildman–Crippen MR) is 98.8 cm³/mol. The summed E-state index contributed by atoms with van der Waals surface area (Å²) in [5.74, 6) is 0.272. The van der Waals surface area contributed by atoms with Crippen molar-refractivity contribution in [2.45, 2.75) is 38.6 Å². The molecule has 1 N–H and O–H groups in total. The van der Waals surface area contributed by atoms with Crippen LogP contribution in [-0.4, -0.2) is 75.2 Å². The molecule has 2 fully saturated rings. The predicted octanol–water partition coefficient (Wildman–Crippen LogP) is 1.79. The fraction of sp³-hybridized carbons (Fsp3) is 0.938. The van der Waals surface area contributed by atoms with E-state index in [1.807, 2.05) is 11.9 Å². The van der Waals surface area contributed by atoms with Gasteiger partial charge in [-0.3, -0.25) is 9.69 Å². The van der Waals surface area contributed by atoms with E-state index < -0.39 is 0 Å². The number of methoxy groups -OCH3 is 1. The molecule has 0 aromatic heterocycles. The maximum Gasteiger partial charge on any atom is 0.231 e. The first kappa shape index (κ1) is 22.9. The summed E-state index contributed by atoms with van der Waals surface area (Å²) < 4.78 is 5.38. The average Bonchev–Trinajstić information content (AvgIpc) is 2.94. The lowest BCUT2D eigenvalue weighted by Gasteiger charge is -2.39. The lowest BCUT2D eigenvalue weighted by molar-refractivity contribution is -0.146. The molecule has 1 atom stereocenters. The minimum atomic E-state index is -0.315. The van der Waals surface area contributed by atoms with Crippen LogP contribution < -0.4 is 5.32 Å². The minimum absolute atomic E-state index is 0. The van der Waals surface area contributed by atoms with Crippen LogP contribution in [0, 0.1) is 5.41 Å². The third kappa shape index (κ3) is 5.46. The smallest absolute Gasteiger partial charge is 0.231 e. The zero-order chi connectivity index (χ0) is 15.3. The molecule has 2 aliphatic heterocycles. The molecule has 0 saturated carbocycles. The highest BCUT2D eigenvalue weighted by Crippen LogP contribution is 2.32. The Bertz CT molecular complexity index is 347. The number of nitrogens with one attached hydrogen (secondary N) is 1. The van der Waals surface area contributed by atoms with Crippen molar-refractivity contribution in [3.63, 3.8) is 0 Å². The van der Waals surface area contributed by atoms with Gasteiger partial charge in [-0.15, -0.1) is 24.8 Å². The van der Waals surface area contributed by atoms with Gasteiger partial charge in [0.25, 0.3) is 0 Å². The van der Waals surface area contributed by atoms with E-state index in [2.05, 4.69) is 17.1 Å². The standard InChI is InChI=1S/C16H31N3O2.2ClH/c1-4-19-11-5-6-14(19)12-18(2)15(20)16(13-21-3)7-9-17-10-8-16;;/h14,17H,4-13H2,1-3H3;2*1H. The van der Waals surface area contributed by atoms with Gasteiger partial charge in [0.2, 0.25) is 5.91 Å². The Balaban J connectivity index is 0.00000242. The summed E-state index contributed by atoms with van der Waals surface area (Å²) in [6, 6.07) is 0.533. The van der Waals surface area contributed by atoms with E-state index in [9.17, 15) is 4.79 Å². The molecule has 2 rings (SSSR count). The second-order valence-electron chi connectivity index (χ2n) is 6.57. The SMILES string of the molecule is CCN1CCCC1CN(C)C(=O)C1(COC)CCNCC1.Cl.Cl. The van der Waals surface area contributed by atoms with Crippen LogP contribution in [-0.2, 0) is 9.53 Å². The number of rotatable bonds is 6. The van der Waals surface area contributed by atoms with E-state index in [0.717, 1.165) is 39.0 Å². The molecule has 0 aromatic carbocycles. The zero-order valence-electron chi connectivity index (χ0n) is 14.7. The van der Waals surface area contributed by atoms with E-state index in [1.54, 1.807) is 7.11 Å². The average molecular weight is 370 g/mol. The fourth-order valence-electron chi connectivity index (χ4n) is 3.92. The van der Waals surface area contributed by atoms with Crippen LogP contribution >= 0.6 is 24.8 Å². The van der Waals surface area contributed by atoms with Crippen molar-refractivity contribution in [2.24, 2.45) is 5.41 Å². The fourth-order valence-corrected chi connectivity index (χ4v) is 3.92. The summed E-state index contributed by atoms with van der Waals surface area (Å²) in [5.41, 5.74) is -0.315. The second-order valence-corrected chi connectivity index (χ2v) is 6.57. The van der Waals surface area contributed by atoms with E-state index in [0.29, 0.717) is 12.6 Å². The highest BCUT2D eigenvalue weighted by Gasteiger charge is 2.42. The summed E-state index contributed by atoms with van der Waals surface area (Å²) >= 11 is 0. The van der Waals surface area contributed by atoms with Gasteiger partial charge in [0, 0.05) is 26.7 Å². The van der Waals surface area contributed by atoms with Crippen molar-refractivity contribution in [3.05, 3.63) is 0 Å². The highest BCUT2D eigenvalue weighted by molar-refractivity contribution is 5.85. The van der Waals surface area contributed by atoms with Crippen LogP contribution in [0.25, 0.3) is 0 Å². The van der Waals surface area contributed by atoms with Crippen LogP contribution in [0.5, 0.6) is 0 Å². The number of likely N-dealkylation sites (tertiary alicyclic amines) is 1. The molecule has 0 aromatic rings. The normalized spacial score (nSPS) is 23.7. The third-order valence-corrected chi connectivity index (χ3v) is 5.17. The number of hydrogen-bond acceptors (Lipinski definition) is 4. The number of likely N-dealkylation sites (N-methyl/N-ethyl adjacent to an activating group) is 2. The van der Waals surface area contributed by atoms with Crippen molar-refractivity contribution in [3.8, 4) is 0 Å². The van der Waals surface area contributed by atoms with Crippen molar-refractivity contribution in [1.82, 2.24) is 15.1 Å². The molecular formula is C16H33Cl2N3O2. The maximum absolute atomic E-state index is 13.0. The molecule has 0 aliphatic carbocycles. The van der Waals surface area contributed by atoms with Gasteiger partial charge in [0.1, 0.15) is 0 Å². The first-order valence-corrected chi connectivity index (χ1v) is 8.32. The van der Waals surface area contributed by atoms with Crippen molar-refractivity contribution < 1.29 is 9.53 Å². The second kappa shape index (κ2) is 10.7. The molecule has 2 heterocycles. The van der Waals surface area contributed by atoms with Crippen LogP contribution in [0.2, 0.25) is 0 Å². The lowest BCUT2D eigenvalue weighted by Crippen LogP contribution is -2.52. The summed E-state index contributed by atoms with van der Waals surface area (Å²) in [4.78, 5) is 17.4. The van der Waals surface area contributed by atoms with Crippen LogP contribution in [0.3, 0.4) is 0 Å². The Labute approximate surface area is 153 Å². The van der Waals surface area contributed by atoms with E-state index in [1.165, 1.54) is 19.4 Å². The van der Waals surface area contributed by atoms with Crippen molar-refractivity contribution in [1.29, 1.82) is 0 Å². The Morgan fingerprint density at radius 3 is 2.57 bits per heavy atom. The molecule has 1 unspecified atom stereocenters. The van der Waals surface area contributed by atoms with Gasteiger partial charge >= 0.3 is 0 Å². The molecule has 7 heteroatoms. The number of amides is 1. The van der Waals surface area contributed by atoms with Gasteiger partial charge in [0.15, 0.2) is 0 Å². The van der Waals surface area contributed by atoms with Gasteiger partial charge in [-0.05, 0) is 51.9 Å². The number of ether oxygens (including phenoxy) is 1. The van der Waals surface area contributed by atoms with Gasteiger partial charge in [0.05, 0.1) is 12.0 Å². The minimum Gasteiger partial charge on any atom is -0.384 e. The van der Waals surface area contributed by atoms with Crippen LogP contribution in [0.1, 0.15) is 32.6 Å². The number of hydrogen-bond donors (Lipinski definition) is 1. The van der Waals surface area contributed by atoms with Crippen LogP contribution in [0.4, 0.5) is 0 Å². The maximum atomic E-state index is 13.0. The summed E-state index contributed by atoms with van der Waals surface area (Å²) in [6.07, 6.45) is 4.23. The molecule has 5 nitrogen and oxygen atoms in total. The van der Waals surface area contributed by atoms with E-state index in [4.69, 9.17) is 4.74 Å². The molecule has 0 bridgehead atoms. The Hall–Kier alpha value is -0.0700. The molecule has 2 aliphatic rings. The van der Waals surface area contributed by atoms with Gasteiger partial charge in [-0.25, -0.2) is 0 Å². The number of halogens is 2. The first-order chi connectivity index (χ1) is 10.1. The monoisotopic (exact) mass is 369 g/mol. The largest absolute Gasteiger partial charge is 0.384 e. The molecule has 2 saturated heterocycles. The first-order valence-electron chi connectivity index (χ1n) is 8.32. The zero-order valence-corrected chi connectivity index (χ0v) is 16.3. The van der Waals surface area contributed by atoms with E-state index in [-0.39, 0.29) is 36.1 Å². The molecule has 23 heavy (non-hydrogen) atoms. The Kier molecular flexibility index (Phi) is 10.7. The molecule has 138 valence electrons. The molecule has 1 amide bonds. The topological polar surface area (TPSA) is 44.8 Å². The van der Waals surface area contributed by atoms with Gasteiger partial charge in [-0.1, -0.05) is 6.92 Å². The van der Waals surface area contributed by atoms with Gasteiger partial charge in [-0.2, -0.15) is 0 Å². The summed E-state index contributed by atoms with van der Waals surface area (Å²) in [6.45, 7) is 7.68. The number of carbonyl (C=O) groups excluding carboxylic acids is 1. The van der Waals surface area contributed by atoms with Crippen molar-refractivity contribution >= 4 is 30.7 Å². The molecule has 0 spiro atoms. The number of carbonyl (C=O) groups is 1. The quantitative estimate of drug-likeness (QED) is 0.774. The molecular weight excluding hydrogens is 337 g/mol. The summed E-state index contributed by atoms with van der Waals surface area (Å²) in [5, 5.41) is 3.35. The van der Waals surface area contributed by atoms with E-state index >= 15 is 0 Å². The number of nitrogens with zero attached hydrogens (tertiary/aromatic N) is 2.